The van der Waals surface area contributed by atoms with Crippen molar-refractivity contribution in [3.8, 4) is 5.75 Å². The third-order valence-electron chi connectivity index (χ3n) is 10.9. The number of amides is 2. The number of anilines is 1. The Bertz CT molecular complexity index is 1720. The fraction of sp³-hybridized carbons (Fsp3) is 0.556. The van der Waals surface area contributed by atoms with Crippen molar-refractivity contribution in [1.29, 1.82) is 0 Å². The molecule has 4 atom stereocenters. The summed E-state index contributed by atoms with van der Waals surface area (Å²) in [6.07, 6.45) is 9.48. The van der Waals surface area contributed by atoms with Crippen LogP contribution in [0.15, 0.2) is 53.4 Å². The Morgan fingerprint density at radius 3 is 2.67 bits per heavy atom. The molecule has 1 saturated carbocycles. The number of fused-ring (bicyclic) bond motifs is 4. The number of hydrogen-bond acceptors (Lipinski definition) is 8. The number of likely N-dealkylation sites (tertiary alicyclic amines) is 1. The second-order valence-electron chi connectivity index (χ2n) is 14.5. The molecule has 5 aliphatic rings. The molecular formula is C36H44ClN3O7S. The smallest absolute Gasteiger partial charge is 0.410 e. The highest BCUT2D eigenvalue weighted by molar-refractivity contribution is 7.90. The molecule has 0 aromatic heterocycles. The monoisotopic (exact) mass is 697 g/mol. The van der Waals surface area contributed by atoms with Gasteiger partial charge in [0, 0.05) is 42.5 Å². The number of halogens is 1. The number of sulfonamides is 1. The third kappa shape index (κ3) is 6.41. The summed E-state index contributed by atoms with van der Waals surface area (Å²) in [5.41, 5.74) is 1.31. The molecule has 1 saturated heterocycles. The Hall–Kier alpha value is -3.28. The molecule has 3 heterocycles. The number of rotatable bonds is 1. The molecule has 2 aromatic rings. The maximum absolute atomic E-state index is 13.6. The summed E-state index contributed by atoms with van der Waals surface area (Å²) in [5, 5.41) is 0.707. The van der Waals surface area contributed by atoms with E-state index in [1.165, 1.54) is 31.0 Å². The van der Waals surface area contributed by atoms with Gasteiger partial charge in [-0.2, -0.15) is 0 Å². The first kappa shape index (κ1) is 33.2. The number of carbonyl (C=O) groups is 2. The molecule has 10 nitrogen and oxygen atoms in total. The number of nitrogens with one attached hydrogen (secondary N) is 1. The average Bonchev–Trinajstić information content (AvgIpc) is 3.53. The molecule has 2 fully saturated rings. The van der Waals surface area contributed by atoms with Gasteiger partial charge in [-0.05, 0) is 112 Å². The number of nitrogens with zero attached hydrogens (tertiary/aromatic N) is 2. The molecule has 258 valence electrons. The highest BCUT2D eigenvalue weighted by atomic mass is 35.5. The molecule has 3 aliphatic heterocycles. The van der Waals surface area contributed by atoms with Crippen molar-refractivity contribution < 1.29 is 32.2 Å². The van der Waals surface area contributed by atoms with E-state index in [1.54, 1.807) is 23.1 Å². The standard InChI is InChI=1S/C36H44ClN3O7S/c1-35(2)33(41)38-48(43,44)27-11-14-32-30(20-27)40(22-36(23-45-32)15-5-7-24-19-26(37)10-13-29(24)36)21-25-9-12-28(25)31(8-6-18-46-35)47-34(42)39-16-3-4-17-39/h6,8,10-11,13-14,19-20,25,28,31H,3-5,7,9,12,15-18,21-23H2,1-2H3,(H,38,41)/b8-6+/t25-,28+,31-,36-/m0/s1. The summed E-state index contributed by atoms with van der Waals surface area (Å²) >= 11 is 6.43. The van der Waals surface area contributed by atoms with E-state index in [-0.39, 0.29) is 34.8 Å². The predicted molar refractivity (Wildman–Crippen MR) is 182 cm³/mol. The highest BCUT2D eigenvalue weighted by Gasteiger charge is 2.45. The van der Waals surface area contributed by atoms with Crippen molar-refractivity contribution in [2.75, 3.05) is 44.3 Å². The number of hydrogen-bond donors (Lipinski definition) is 1. The molecule has 2 aromatic carbocycles. The van der Waals surface area contributed by atoms with Crippen molar-refractivity contribution in [2.24, 2.45) is 11.8 Å². The van der Waals surface area contributed by atoms with Crippen molar-refractivity contribution in [3.63, 3.8) is 0 Å². The highest BCUT2D eigenvalue weighted by Crippen LogP contribution is 2.47. The normalized spacial score (nSPS) is 30.1. The summed E-state index contributed by atoms with van der Waals surface area (Å²) < 4.78 is 48.1. The SMILES string of the molecule is CC1(C)OC/C=C/[C@H](OC(=O)N2CCCC2)[C@@H]2CC[C@H]2CN2C[C@@]3(CCCc4cc(Cl)ccc43)COc3ccc(cc32)S(=O)(=O)NC1=O. The van der Waals surface area contributed by atoms with Crippen LogP contribution in [0.25, 0.3) is 0 Å². The van der Waals surface area contributed by atoms with E-state index in [0.717, 1.165) is 44.9 Å². The van der Waals surface area contributed by atoms with Crippen LogP contribution in [0.5, 0.6) is 5.75 Å². The van der Waals surface area contributed by atoms with Crippen LogP contribution >= 0.6 is 11.6 Å². The molecule has 0 radical (unpaired) electrons. The zero-order chi connectivity index (χ0) is 33.7. The van der Waals surface area contributed by atoms with Crippen LogP contribution in [0.1, 0.15) is 63.5 Å². The maximum atomic E-state index is 13.6. The zero-order valence-electron chi connectivity index (χ0n) is 27.6. The summed E-state index contributed by atoms with van der Waals surface area (Å²) in [4.78, 5) is 30.5. The predicted octanol–water partition coefficient (Wildman–Crippen LogP) is 5.61. The molecular weight excluding hydrogens is 654 g/mol. The molecule has 1 spiro atoms. The summed E-state index contributed by atoms with van der Waals surface area (Å²) in [6.45, 7) is 6.17. The minimum atomic E-state index is -4.23. The van der Waals surface area contributed by atoms with Crippen molar-refractivity contribution >= 4 is 39.3 Å². The maximum Gasteiger partial charge on any atom is 0.410 e. The largest absolute Gasteiger partial charge is 0.490 e. The molecule has 2 aliphatic carbocycles. The van der Waals surface area contributed by atoms with Gasteiger partial charge in [0.25, 0.3) is 15.9 Å². The van der Waals surface area contributed by atoms with E-state index < -0.39 is 27.6 Å². The molecule has 2 amide bonds. The van der Waals surface area contributed by atoms with Gasteiger partial charge >= 0.3 is 6.09 Å². The summed E-state index contributed by atoms with van der Waals surface area (Å²) in [6, 6.07) is 10.9. The Kier molecular flexibility index (Phi) is 8.91. The van der Waals surface area contributed by atoms with Crippen LogP contribution in [-0.4, -0.2) is 76.4 Å². The van der Waals surface area contributed by atoms with Gasteiger partial charge in [0.05, 0.1) is 23.8 Å². The topological polar surface area (TPSA) is 114 Å². The molecule has 7 rings (SSSR count). The molecule has 12 heteroatoms. The lowest BCUT2D eigenvalue weighted by Gasteiger charge is -2.46. The van der Waals surface area contributed by atoms with Crippen LogP contribution in [-0.2, 0) is 36.1 Å². The van der Waals surface area contributed by atoms with Crippen LogP contribution in [0.4, 0.5) is 10.5 Å². The quantitative estimate of drug-likeness (QED) is 0.383. The van der Waals surface area contributed by atoms with Gasteiger partial charge in [-0.3, -0.25) is 4.79 Å². The first-order valence-electron chi connectivity index (χ1n) is 17.1. The molecule has 1 N–H and O–H groups in total. The molecule has 2 bridgehead atoms. The second kappa shape index (κ2) is 12.9. The Balaban J connectivity index is 1.29. The van der Waals surface area contributed by atoms with Crippen LogP contribution in [0.3, 0.4) is 0 Å². The summed E-state index contributed by atoms with van der Waals surface area (Å²) in [7, 11) is -4.23. The zero-order valence-corrected chi connectivity index (χ0v) is 29.2. The van der Waals surface area contributed by atoms with Gasteiger partial charge in [-0.25, -0.2) is 17.9 Å². The van der Waals surface area contributed by atoms with Crippen molar-refractivity contribution in [2.45, 2.75) is 80.8 Å². The van der Waals surface area contributed by atoms with Crippen LogP contribution in [0.2, 0.25) is 5.02 Å². The van der Waals surface area contributed by atoms with E-state index in [1.807, 2.05) is 12.1 Å². The number of carbonyl (C=O) groups excluding carboxylic acids is 2. The Morgan fingerprint density at radius 1 is 1.08 bits per heavy atom. The van der Waals surface area contributed by atoms with E-state index in [9.17, 15) is 18.0 Å². The van der Waals surface area contributed by atoms with E-state index in [0.29, 0.717) is 49.2 Å². The number of aryl methyl sites for hydroxylation is 1. The molecule has 48 heavy (non-hydrogen) atoms. The van der Waals surface area contributed by atoms with E-state index in [2.05, 4.69) is 21.8 Å². The lowest BCUT2D eigenvalue weighted by molar-refractivity contribution is -0.139. The van der Waals surface area contributed by atoms with Gasteiger partial charge in [0.1, 0.15) is 17.5 Å². The van der Waals surface area contributed by atoms with Crippen molar-refractivity contribution in [3.05, 3.63) is 64.7 Å². The average molecular weight is 698 g/mol. The third-order valence-corrected chi connectivity index (χ3v) is 12.5. The fourth-order valence-electron chi connectivity index (χ4n) is 7.97. The Morgan fingerprint density at radius 2 is 1.90 bits per heavy atom. The van der Waals surface area contributed by atoms with Gasteiger partial charge in [-0.15, -0.1) is 0 Å². The van der Waals surface area contributed by atoms with Gasteiger partial charge < -0.3 is 24.0 Å². The summed E-state index contributed by atoms with van der Waals surface area (Å²) in [5.74, 6) is 0.0480. The Labute approximate surface area is 287 Å². The molecule has 0 unspecified atom stereocenters. The van der Waals surface area contributed by atoms with E-state index >= 15 is 0 Å². The van der Waals surface area contributed by atoms with Crippen LogP contribution in [0, 0.1) is 11.8 Å². The second-order valence-corrected chi connectivity index (χ2v) is 16.6. The first-order valence-corrected chi connectivity index (χ1v) is 18.9. The fourth-order valence-corrected chi connectivity index (χ4v) is 9.29. The minimum Gasteiger partial charge on any atom is -0.490 e. The van der Waals surface area contributed by atoms with E-state index in [4.69, 9.17) is 25.8 Å². The van der Waals surface area contributed by atoms with Gasteiger partial charge in [0.15, 0.2) is 0 Å². The van der Waals surface area contributed by atoms with Gasteiger partial charge in [0.2, 0.25) is 0 Å². The van der Waals surface area contributed by atoms with Crippen LogP contribution < -0.4 is 14.4 Å². The van der Waals surface area contributed by atoms with Gasteiger partial charge in [-0.1, -0.05) is 23.7 Å². The first-order chi connectivity index (χ1) is 22.9. The number of ether oxygens (including phenoxy) is 3. The number of benzene rings is 2. The minimum absolute atomic E-state index is 0.0275. The lowest BCUT2D eigenvalue weighted by Crippen LogP contribution is -2.50. The lowest BCUT2D eigenvalue weighted by atomic mass is 9.68. The van der Waals surface area contributed by atoms with Crippen molar-refractivity contribution in [1.82, 2.24) is 9.62 Å².